The van der Waals surface area contributed by atoms with Gasteiger partial charge < -0.3 is 14.2 Å². The average Bonchev–Trinajstić information content (AvgIpc) is 2.52. The number of hydrogen-bond donors (Lipinski definition) is 0. The first kappa shape index (κ1) is 15.6. The number of benzene rings is 2. The van der Waals surface area contributed by atoms with E-state index in [9.17, 15) is 4.79 Å². The van der Waals surface area contributed by atoms with Crippen LogP contribution in [0, 0.1) is 3.57 Å². The van der Waals surface area contributed by atoms with Gasteiger partial charge in [0.05, 0.1) is 19.8 Å². The number of ether oxygens (including phenoxy) is 3. The number of hydrogen-bond acceptors (Lipinski definition) is 4. The predicted molar refractivity (Wildman–Crippen MR) is 87.8 cm³/mol. The summed E-state index contributed by atoms with van der Waals surface area (Å²) in [4.78, 5) is 12.0. The summed E-state index contributed by atoms with van der Waals surface area (Å²) in [6.07, 6.45) is 0. The molecular formula is C16H15IO4. The van der Waals surface area contributed by atoms with Gasteiger partial charge in [-0.3, -0.25) is 0 Å². The van der Waals surface area contributed by atoms with Crippen molar-refractivity contribution < 1.29 is 19.0 Å². The van der Waals surface area contributed by atoms with Crippen LogP contribution in [0.1, 0.15) is 15.9 Å². The fourth-order valence-electron chi connectivity index (χ4n) is 1.84. The van der Waals surface area contributed by atoms with Crippen molar-refractivity contribution in [2.45, 2.75) is 6.61 Å². The first-order chi connectivity index (χ1) is 10.1. The van der Waals surface area contributed by atoms with Gasteiger partial charge in [-0.05, 0) is 59.0 Å². The number of carbonyl (C=O) groups excluding carboxylic acids is 1. The van der Waals surface area contributed by atoms with Gasteiger partial charge in [-0.25, -0.2) is 4.79 Å². The van der Waals surface area contributed by atoms with Crippen LogP contribution in [0.15, 0.2) is 42.5 Å². The highest BCUT2D eigenvalue weighted by atomic mass is 127. The van der Waals surface area contributed by atoms with Crippen molar-refractivity contribution in [3.8, 4) is 11.5 Å². The maximum Gasteiger partial charge on any atom is 0.338 e. The summed E-state index contributed by atoms with van der Waals surface area (Å²) in [5, 5.41) is 0. The highest BCUT2D eigenvalue weighted by Gasteiger charge is 2.11. The van der Waals surface area contributed by atoms with E-state index in [1.54, 1.807) is 44.6 Å². The third-order valence-corrected chi connectivity index (χ3v) is 3.58. The lowest BCUT2D eigenvalue weighted by molar-refractivity contribution is 0.0470. The quantitative estimate of drug-likeness (QED) is 0.570. The van der Waals surface area contributed by atoms with Crippen LogP contribution in [0.25, 0.3) is 0 Å². The lowest BCUT2D eigenvalue weighted by Crippen LogP contribution is -2.06. The molecule has 4 nitrogen and oxygen atoms in total. The van der Waals surface area contributed by atoms with Crippen molar-refractivity contribution in [2.75, 3.05) is 14.2 Å². The smallest absolute Gasteiger partial charge is 0.338 e. The number of esters is 1. The second-order valence-corrected chi connectivity index (χ2v) is 5.51. The lowest BCUT2D eigenvalue weighted by Gasteiger charge is -2.11. The average molecular weight is 398 g/mol. The van der Waals surface area contributed by atoms with Gasteiger partial charge in [-0.1, -0.05) is 6.07 Å². The van der Waals surface area contributed by atoms with Gasteiger partial charge >= 0.3 is 5.97 Å². The number of rotatable bonds is 5. The fraction of sp³-hybridized carbons (Fsp3) is 0.188. The van der Waals surface area contributed by atoms with E-state index in [0.29, 0.717) is 17.1 Å². The van der Waals surface area contributed by atoms with E-state index in [1.165, 1.54) is 0 Å². The minimum atomic E-state index is -0.363. The third-order valence-electron chi connectivity index (χ3n) is 2.91. The summed E-state index contributed by atoms with van der Waals surface area (Å²) in [5.74, 6) is 0.987. The molecule has 0 amide bonds. The Hall–Kier alpha value is -1.76. The van der Waals surface area contributed by atoms with Crippen molar-refractivity contribution in [3.63, 3.8) is 0 Å². The van der Waals surface area contributed by atoms with Gasteiger partial charge in [0.2, 0.25) is 0 Å². The molecule has 0 aliphatic carbocycles. The topological polar surface area (TPSA) is 44.8 Å². The Balaban J connectivity index is 2.10. The van der Waals surface area contributed by atoms with Gasteiger partial charge in [0.1, 0.15) is 18.1 Å². The molecule has 0 saturated heterocycles. The maximum atomic E-state index is 12.0. The minimum absolute atomic E-state index is 0.130. The second kappa shape index (κ2) is 7.31. The van der Waals surface area contributed by atoms with E-state index < -0.39 is 0 Å². The number of halogens is 1. The molecule has 0 spiro atoms. The fourth-order valence-corrected chi connectivity index (χ4v) is 2.38. The maximum absolute atomic E-state index is 12.0. The summed E-state index contributed by atoms with van der Waals surface area (Å²) in [5.41, 5.74) is 1.29. The molecule has 0 atom stereocenters. The Bertz CT molecular complexity index is 640. The van der Waals surface area contributed by atoms with Crippen molar-refractivity contribution >= 4 is 28.6 Å². The zero-order chi connectivity index (χ0) is 15.2. The standard InChI is InChI=1S/C16H15IO4/c1-19-14-6-7-15(20-2)12(9-14)10-21-16(18)11-4-3-5-13(17)8-11/h3-9H,10H2,1-2H3. The Morgan fingerprint density at radius 2 is 1.90 bits per heavy atom. The molecular weight excluding hydrogens is 383 g/mol. The van der Waals surface area contributed by atoms with Crippen molar-refractivity contribution in [1.82, 2.24) is 0 Å². The summed E-state index contributed by atoms with van der Waals surface area (Å²) in [6.45, 7) is 0.130. The highest BCUT2D eigenvalue weighted by Crippen LogP contribution is 2.25. The van der Waals surface area contributed by atoms with Gasteiger partial charge in [-0.2, -0.15) is 0 Å². The SMILES string of the molecule is COc1ccc(OC)c(COC(=O)c2cccc(I)c2)c1. The van der Waals surface area contributed by atoms with Crippen molar-refractivity contribution in [1.29, 1.82) is 0 Å². The largest absolute Gasteiger partial charge is 0.497 e. The zero-order valence-electron chi connectivity index (χ0n) is 11.8. The zero-order valence-corrected chi connectivity index (χ0v) is 13.9. The van der Waals surface area contributed by atoms with Crippen LogP contribution in [-0.2, 0) is 11.3 Å². The van der Waals surface area contributed by atoms with E-state index in [2.05, 4.69) is 22.6 Å². The van der Waals surface area contributed by atoms with Gasteiger partial charge in [0.15, 0.2) is 0 Å². The molecule has 21 heavy (non-hydrogen) atoms. The first-order valence-electron chi connectivity index (χ1n) is 6.27. The molecule has 0 bridgehead atoms. The molecule has 0 heterocycles. The van der Waals surface area contributed by atoms with Crippen LogP contribution in [-0.4, -0.2) is 20.2 Å². The molecule has 5 heteroatoms. The molecule has 0 fully saturated rings. The Morgan fingerprint density at radius 1 is 1.10 bits per heavy atom. The normalized spacial score (nSPS) is 10.0. The number of carbonyl (C=O) groups is 1. The summed E-state index contributed by atoms with van der Waals surface area (Å²) < 4.78 is 16.7. The Kier molecular flexibility index (Phi) is 5.44. The lowest BCUT2D eigenvalue weighted by atomic mass is 10.2. The summed E-state index contributed by atoms with van der Waals surface area (Å²) in [7, 11) is 3.16. The predicted octanol–water partition coefficient (Wildman–Crippen LogP) is 3.67. The van der Waals surface area contributed by atoms with Crippen molar-refractivity contribution in [2.24, 2.45) is 0 Å². The van der Waals surface area contributed by atoms with Crippen LogP contribution in [0.5, 0.6) is 11.5 Å². The Labute approximate surface area is 137 Å². The van der Waals surface area contributed by atoms with E-state index in [0.717, 1.165) is 9.13 Å². The molecule has 0 saturated carbocycles. The monoisotopic (exact) mass is 398 g/mol. The first-order valence-corrected chi connectivity index (χ1v) is 7.35. The second-order valence-electron chi connectivity index (χ2n) is 4.26. The van der Waals surface area contributed by atoms with Crippen LogP contribution in [0.3, 0.4) is 0 Å². The Morgan fingerprint density at radius 3 is 2.57 bits per heavy atom. The van der Waals surface area contributed by atoms with Crippen LogP contribution in [0.4, 0.5) is 0 Å². The molecule has 2 aromatic rings. The molecule has 0 aliphatic rings. The van der Waals surface area contributed by atoms with E-state index in [4.69, 9.17) is 14.2 Å². The molecule has 2 rings (SSSR count). The molecule has 0 aromatic heterocycles. The van der Waals surface area contributed by atoms with E-state index in [-0.39, 0.29) is 12.6 Å². The molecule has 0 aliphatic heterocycles. The van der Waals surface area contributed by atoms with Crippen LogP contribution >= 0.6 is 22.6 Å². The van der Waals surface area contributed by atoms with Gasteiger partial charge in [-0.15, -0.1) is 0 Å². The minimum Gasteiger partial charge on any atom is -0.497 e. The van der Waals surface area contributed by atoms with Gasteiger partial charge in [0.25, 0.3) is 0 Å². The summed E-state index contributed by atoms with van der Waals surface area (Å²) >= 11 is 2.16. The van der Waals surface area contributed by atoms with E-state index in [1.807, 2.05) is 12.1 Å². The van der Waals surface area contributed by atoms with Crippen LogP contribution in [0.2, 0.25) is 0 Å². The molecule has 2 aromatic carbocycles. The highest BCUT2D eigenvalue weighted by molar-refractivity contribution is 14.1. The summed E-state index contributed by atoms with van der Waals surface area (Å²) in [6, 6.07) is 12.6. The van der Waals surface area contributed by atoms with E-state index >= 15 is 0 Å². The molecule has 110 valence electrons. The molecule has 0 N–H and O–H groups in total. The third kappa shape index (κ3) is 4.10. The van der Waals surface area contributed by atoms with Gasteiger partial charge in [0, 0.05) is 9.13 Å². The van der Waals surface area contributed by atoms with Crippen molar-refractivity contribution in [3.05, 3.63) is 57.2 Å². The molecule has 0 radical (unpaired) electrons. The van der Waals surface area contributed by atoms with Crippen LogP contribution < -0.4 is 9.47 Å². The number of methoxy groups -OCH3 is 2. The molecule has 0 unspecified atom stereocenters.